The Morgan fingerprint density at radius 3 is 2.13 bits per heavy atom. The molecule has 1 aromatic heterocycles. The predicted molar refractivity (Wildman–Crippen MR) is 117 cm³/mol. The number of carbonyl (C=O) groups is 1. The third-order valence-electron chi connectivity index (χ3n) is 4.70. The van der Waals surface area contributed by atoms with Crippen molar-refractivity contribution in [2.75, 3.05) is 0 Å². The molecule has 0 aliphatic heterocycles. The van der Waals surface area contributed by atoms with Crippen LogP contribution in [0, 0.1) is 0 Å². The Bertz CT molecular complexity index is 1210. The van der Waals surface area contributed by atoms with Crippen molar-refractivity contribution in [1.29, 1.82) is 0 Å². The van der Waals surface area contributed by atoms with Crippen molar-refractivity contribution >= 4 is 22.5 Å². The molecule has 0 bridgehead atoms. The van der Waals surface area contributed by atoms with Gasteiger partial charge in [-0.15, -0.1) is 0 Å². The predicted octanol–water partition coefficient (Wildman–Crippen LogP) is 3.36. The monoisotopic (exact) mass is 396 g/mol. The van der Waals surface area contributed by atoms with Crippen molar-refractivity contribution in [2.45, 2.75) is 13.0 Å². The number of aromatic nitrogens is 2. The highest BCUT2D eigenvalue weighted by atomic mass is 16.2. The van der Waals surface area contributed by atoms with Crippen LogP contribution in [0.25, 0.3) is 10.9 Å². The van der Waals surface area contributed by atoms with Gasteiger partial charge in [-0.2, -0.15) is 5.10 Å². The summed E-state index contributed by atoms with van der Waals surface area (Å²) in [4.78, 5) is 29.2. The van der Waals surface area contributed by atoms with E-state index in [9.17, 15) is 9.59 Å². The molecule has 6 nitrogen and oxygen atoms in total. The number of nitrogens with zero attached hydrogens (tertiary/aromatic N) is 3. The fraction of sp³-hybridized carbons (Fsp3) is 0.0833. The van der Waals surface area contributed by atoms with E-state index in [-0.39, 0.29) is 24.4 Å². The van der Waals surface area contributed by atoms with Gasteiger partial charge >= 0.3 is 0 Å². The Labute approximate surface area is 173 Å². The maximum absolute atomic E-state index is 12.5. The number of rotatable bonds is 6. The highest BCUT2D eigenvalue weighted by Gasteiger charge is 2.09. The number of hydrogen-bond acceptors (Lipinski definition) is 4. The second-order valence-electron chi connectivity index (χ2n) is 6.74. The number of benzene rings is 3. The molecule has 30 heavy (non-hydrogen) atoms. The fourth-order valence-electron chi connectivity index (χ4n) is 3.15. The first-order valence-corrected chi connectivity index (χ1v) is 9.64. The molecular weight excluding hydrogens is 376 g/mol. The molecule has 1 amide bonds. The number of para-hydroxylation sites is 1. The smallest absolute Gasteiger partial charge is 0.261 e. The lowest BCUT2D eigenvalue weighted by atomic mass is 10.0. The molecule has 0 spiro atoms. The van der Waals surface area contributed by atoms with Crippen LogP contribution in [0.2, 0.25) is 0 Å². The van der Waals surface area contributed by atoms with E-state index in [2.05, 4.69) is 15.5 Å². The molecule has 0 atom stereocenters. The van der Waals surface area contributed by atoms with Crippen LogP contribution in [0.5, 0.6) is 0 Å². The summed E-state index contributed by atoms with van der Waals surface area (Å²) in [6.45, 7) is 0.226. The van der Waals surface area contributed by atoms with Crippen LogP contribution >= 0.6 is 0 Å². The second kappa shape index (κ2) is 8.96. The summed E-state index contributed by atoms with van der Waals surface area (Å²) < 4.78 is 1.45. The molecule has 0 saturated carbocycles. The minimum Gasteiger partial charge on any atom is -0.298 e. The molecule has 3 aromatic carbocycles. The second-order valence-corrected chi connectivity index (χ2v) is 6.74. The van der Waals surface area contributed by atoms with Crippen molar-refractivity contribution in [3.63, 3.8) is 0 Å². The minimum absolute atomic E-state index is 0.111. The van der Waals surface area contributed by atoms with Gasteiger partial charge in [0.1, 0.15) is 0 Å². The third kappa shape index (κ3) is 4.33. The highest BCUT2D eigenvalue weighted by molar-refractivity contribution is 6.13. The zero-order valence-corrected chi connectivity index (χ0v) is 16.2. The van der Waals surface area contributed by atoms with E-state index in [1.54, 1.807) is 18.2 Å². The maximum atomic E-state index is 12.5. The zero-order chi connectivity index (χ0) is 20.8. The molecule has 4 rings (SSSR count). The standard InChI is InChI=1S/C24H20N4O2/c29-22(15-16-28-17-25-21-14-8-7-13-20(21)24(28)30)26-27-23(18-9-3-1-4-10-18)19-11-5-2-6-12-19/h1-14,17H,15-16H2,(H,26,29). The summed E-state index contributed by atoms with van der Waals surface area (Å²) in [6, 6.07) is 26.5. The van der Waals surface area contributed by atoms with Gasteiger partial charge < -0.3 is 0 Å². The van der Waals surface area contributed by atoms with E-state index in [4.69, 9.17) is 0 Å². The van der Waals surface area contributed by atoms with E-state index in [0.717, 1.165) is 11.1 Å². The number of hydrazone groups is 1. The fourth-order valence-corrected chi connectivity index (χ4v) is 3.15. The van der Waals surface area contributed by atoms with Gasteiger partial charge in [0.15, 0.2) is 0 Å². The summed E-state index contributed by atoms with van der Waals surface area (Å²) in [5.74, 6) is -0.278. The van der Waals surface area contributed by atoms with Gasteiger partial charge in [-0.05, 0) is 12.1 Å². The Hall–Kier alpha value is -4.06. The van der Waals surface area contributed by atoms with Crippen LogP contribution in [0.3, 0.4) is 0 Å². The molecule has 0 aliphatic rings. The topological polar surface area (TPSA) is 76.3 Å². The average Bonchev–Trinajstić information content (AvgIpc) is 2.80. The molecule has 0 radical (unpaired) electrons. The Balaban J connectivity index is 1.49. The third-order valence-corrected chi connectivity index (χ3v) is 4.70. The first kappa shape index (κ1) is 19.3. The molecule has 0 unspecified atom stereocenters. The van der Waals surface area contributed by atoms with Gasteiger partial charge in [0.05, 0.1) is 22.9 Å². The largest absolute Gasteiger partial charge is 0.298 e. The molecule has 0 fully saturated rings. The number of fused-ring (bicyclic) bond motifs is 1. The lowest BCUT2D eigenvalue weighted by molar-refractivity contribution is -0.121. The van der Waals surface area contributed by atoms with Gasteiger partial charge in [0.25, 0.3) is 5.56 Å². The molecule has 4 aromatic rings. The van der Waals surface area contributed by atoms with Crippen LogP contribution in [0.15, 0.2) is 101 Å². The molecule has 6 heteroatoms. The van der Waals surface area contributed by atoms with Crippen LogP contribution in [0.1, 0.15) is 17.5 Å². The zero-order valence-electron chi connectivity index (χ0n) is 16.2. The number of amides is 1. The SMILES string of the molecule is O=C(CCn1cnc2ccccc2c1=O)NN=C(c1ccccc1)c1ccccc1. The van der Waals surface area contributed by atoms with Crippen molar-refractivity contribution < 1.29 is 4.79 Å². The summed E-state index contributed by atoms with van der Waals surface area (Å²) in [7, 11) is 0. The lowest BCUT2D eigenvalue weighted by Crippen LogP contribution is -2.26. The van der Waals surface area contributed by atoms with Crippen LogP contribution in [-0.4, -0.2) is 21.2 Å². The van der Waals surface area contributed by atoms with E-state index in [1.165, 1.54) is 10.9 Å². The van der Waals surface area contributed by atoms with Crippen LogP contribution < -0.4 is 11.0 Å². The summed E-state index contributed by atoms with van der Waals surface area (Å²) in [6.07, 6.45) is 1.58. The van der Waals surface area contributed by atoms with E-state index in [1.807, 2.05) is 66.7 Å². The van der Waals surface area contributed by atoms with E-state index < -0.39 is 0 Å². The summed E-state index contributed by atoms with van der Waals surface area (Å²) >= 11 is 0. The summed E-state index contributed by atoms with van der Waals surface area (Å²) in [5, 5.41) is 4.90. The number of hydrogen-bond donors (Lipinski definition) is 1. The number of aryl methyl sites for hydroxylation is 1. The Kier molecular flexibility index (Phi) is 5.75. The van der Waals surface area contributed by atoms with Crippen molar-refractivity contribution in [3.8, 4) is 0 Å². The van der Waals surface area contributed by atoms with E-state index in [0.29, 0.717) is 16.6 Å². The normalized spacial score (nSPS) is 10.5. The van der Waals surface area contributed by atoms with E-state index >= 15 is 0 Å². The quantitative estimate of drug-likeness (QED) is 0.401. The number of nitrogens with one attached hydrogen (secondary N) is 1. The molecule has 1 N–H and O–H groups in total. The number of carbonyl (C=O) groups excluding carboxylic acids is 1. The molecule has 148 valence electrons. The van der Waals surface area contributed by atoms with Crippen molar-refractivity contribution in [1.82, 2.24) is 15.0 Å². The highest BCUT2D eigenvalue weighted by Crippen LogP contribution is 2.10. The maximum Gasteiger partial charge on any atom is 0.261 e. The van der Waals surface area contributed by atoms with Gasteiger partial charge in [-0.25, -0.2) is 10.4 Å². The average molecular weight is 396 g/mol. The minimum atomic E-state index is -0.278. The summed E-state index contributed by atoms with van der Waals surface area (Å²) in [5.41, 5.74) is 5.58. The molecule has 0 aliphatic carbocycles. The first-order valence-electron chi connectivity index (χ1n) is 9.64. The van der Waals surface area contributed by atoms with Gasteiger partial charge in [-0.1, -0.05) is 72.8 Å². The Morgan fingerprint density at radius 1 is 0.867 bits per heavy atom. The first-order chi connectivity index (χ1) is 14.7. The van der Waals surface area contributed by atoms with Gasteiger partial charge in [0, 0.05) is 24.1 Å². The van der Waals surface area contributed by atoms with Crippen molar-refractivity contribution in [3.05, 3.63) is 113 Å². The van der Waals surface area contributed by atoms with Gasteiger partial charge in [-0.3, -0.25) is 14.2 Å². The Morgan fingerprint density at radius 2 is 1.47 bits per heavy atom. The van der Waals surface area contributed by atoms with Crippen molar-refractivity contribution in [2.24, 2.45) is 5.10 Å². The molecule has 0 saturated heterocycles. The van der Waals surface area contributed by atoms with Crippen LogP contribution in [0.4, 0.5) is 0 Å². The lowest BCUT2D eigenvalue weighted by Gasteiger charge is -2.09. The van der Waals surface area contributed by atoms with Crippen LogP contribution in [-0.2, 0) is 11.3 Å². The van der Waals surface area contributed by atoms with Gasteiger partial charge in [0.2, 0.25) is 5.91 Å². The molecular formula is C24H20N4O2. The molecule has 1 heterocycles.